The molecule has 5 aliphatic rings. The molecule has 44 heavy (non-hydrogen) atoms. The van der Waals surface area contributed by atoms with Crippen molar-refractivity contribution in [1.82, 2.24) is 5.32 Å². The van der Waals surface area contributed by atoms with Gasteiger partial charge < -0.3 is 45.4 Å². The molecule has 1 amide bonds. The number of carbonyl (C=O) groups is 3. The third-order valence-corrected chi connectivity index (χ3v) is 12.0. The van der Waals surface area contributed by atoms with Gasteiger partial charge in [0.15, 0.2) is 12.4 Å². The largest absolute Gasteiger partial charge is 0.480 e. The Morgan fingerprint density at radius 1 is 1.05 bits per heavy atom. The van der Waals surface area contributed by atoms with Gasteiger partial charge in [0.2, 0.25) is 5.91 Å². The molecule has 15 atom stereocenters. The van der Waals surface area contributed by atoms with Crippen LogP contribution in [0.1, 0.15) is 91.7 Å². The number of hydrogen-bond acceptors (Lipinski definition) is 9. The fourth-order valence-electron chi connectivity index (χ4n) is 9.52. The Morgan fingerprint density at radius 3 is 2.45 bits per heavy atom. The monoisotopic (exact) mass is 630 g/mol. The molecule has 1 aliphatic heterocycles. The van der Waals surface area contributed by atoms with E-state index >= 15 is 0 Å². The number of rotatable bonds is 9. The Bertz CT molecular complexity index is 1310. The molecular formula is C32H51NO11. The van der Waals surface area contributed by atoms with Gasteiger partial charge in [-0.1, -0.05) is 20.8 Å². The van der Waals surface area contributed by atoms with Crippen molar-refractivity contribution in [3.63, 3.8) is 0 Å². The summed E-state index contributed by atoms with van der Waals surface area (Å²) >= 11 is 0. The van der Waals surface area contributed by atoms with Crippen molar-refractivity contribution in [3.05, 3.63) is 0 Å². The van der Waals surface area contributed by atoms with Crippen molar-refractivity contribution < 1.29 is 61.4 Å². The summed E-state index contributed by atoms with van der Waals surface area (Å²) < 4.78 is 56.7. The van der Waals surface area contributed by atoms with Crippen LogP contribution in [0.15, 0.2) is 0 Å². The highest BCUT2D eigenvalue weighted by atomic mass is 16.7. The second kappa shape index (κ2) is 12.8. The highest BCUT2D eigenvalue weighted by Gasteiger charge is 2.64. The molecule has 5 fully saturated rings. The van der Waals surface area contributed by atoms with Crippen LogP contribution in [0.5, 0.6) is 0 Å². The number of ether oxygens (including phenoxy) is 2. The third kappa shape index (κ3) is 5.90. The van der Waals surface area contributed by atoms with Crippen LogP contribution in [-0.2, 0) is 23.9 Å². The second-order valence-electron chi connectivity index (χ2n) is 14.2. The summed E-state index contributed by atoms with van der Waals surface area (Å²) in [6.07, 6.45) is -16.5. The summed E-state index contributed by atoms with van der Waals surface area (Å²) in [6, 6.07) is 0. The Morgan fingerprint density at radius 2 is 1.77 bits per heavy atom. The number of carboxylic acids is 2. The lowest BCUT2D eigenvalue weighted by molar-refractivity contribution is -0.310. The molecule has 4 saturated carbocycles. The number of aliphatic hydroxyl groups excluding tert-OH is 4. The Balaban J connectivity index is 1.37. The predicted octanol–water partition coefficient (Wildman–Crippen LogP) is 1.51. The van der Waals surface area contributed by atoms with Gasteiger partial charge >= 0.3 is 11.9 Å². The summed E-state index contributed by atoms with van der Waals surface area (Å²) in [7, 11) is 0. The quantitative estimate of drug-likeness (QED) is 0.182. The van der Waals surface area contributed by atoms with Crippen LogP contribution in [-0.4, -0.2) is 97.9 Å². The van der Waals surface area contributed by atoms with Gasteiger partial charge in [0.05, 0.1) is 13.6 Å². The topological polar surface area (TPSA) is 203 Å². The molecule has 1 unspecified atom stereocenters. The van der Waals surface area contributed by atoms with Gasteiger partial charge in [-0.3, -0.25) is 9.59 Å². The average Bonchev–Trinajstić information content (AvgIpc) is 3.37. The van der Waals surface area contributed by atoms with Crippen molar-refractivity contribution in [3.8, 4) is 0 Å². The minimum atomic E-state index is -3.01. The van der Waals surface area contributed by atoms with E-state index in [9.17, 15) is 44.0 Å². The number of fused-ring (bicyclic) bond motifs is 5. The summed E-state index contributed by atoms with van der Waals surface area (Å²) in [6.45, 7) is 5.49. The van der Waals surface area contributed by atoms with E-state index in [1.165, 1.54) is 0 Å². The highest BCUT2D eigenvalue weighted by Crippen LogP contribution is 2.68. The number of hydrogen-bond donors (Lipinski definition) is 7. The number of carbonyl (C=O) groups excluding carboxylic acids is 1. The van der Waals surface area contributed by atoms with Crippen LogP contribution in [0, 0.1) is 46.3 Å². The molecule has 5 rings (SSSR count). The molecule has 1 heterocycles. The molecule has 0 aromatic carbocycles. The molecule has 0 aromatic rings. The van der Waals surface area contributed by atoms with Crippen LogP contribution >= 0.6 is 0 Å². The third-order valence-electron chi connectivity index (χ3n) is 12.0. The molecule has 250 valence electrons. The lowest BCUT2D eigenvalue weighted by atomic mass is 9.43. The van der Waals surface area contributed by atoms with Crippen LogP contribution in [0.2, 0.25) is 0 Å². The molecule has 7 N–H and O–H groups in total. The average molecular weight is 631 g/mol. The fraction of sp³-hybridized carbons (Fsp3) is 0.906. The summed E-state index contributed by atoms with van der Waals surface area (Å²) in [5.74, 6) is -4.17. The van der Waals surface area contributed by atoms with Crippen LogP contribution in [0.4, 0.5) is 0 Å². The minimum absolute atomic E-state index is 0.0351. The highest BCUT2D eigenvalue weighted by molar-refractivity contribution is 5.81. The van der Waals surface area contributed by atoms with Gasteiger partial charge in [-0.05, 0) is 104 Å². The van der Waals surface area contributed by atoms with Crippen molar-refractivity contribution in [2.45, 2.75) is 128 Å². The zero-order valence-electron chi connectivity index (χ0n) is 30.5. The van der Waals surface area contributed by atoms with E-state index in [1.54, 1.807) is 0 Å². The van der Waals surface area contributed by atoms with Crippen molar-refractivity contribution in [2.75, 3.05) is 6.54 Å². The molecule has 0 spiro atoms. The minimum Gasteiger partial charge on any atom is -0.480 e. The van der Waals surface area contributed by atoms with E-state index in [-0.39, 0.29) is 54.8 Å². The standard InChI is InChI=1S/C32H51NO11/c1-15(4-9-23(35)33-14-24(36)37)19-7-8-20-18-6-5-16-12-17(10-11-31(16,2)21(18)13-22(34)32(19,20)3)43-30-27(40)25(38)26(39)28(44-30)29(41)42/h15-22,25-28,30,34,38-40H,4-14H2,1-3H3,(H,33,35)(H,36,37)(H,41,42)/t15-,16-,17-,18+,19-,20+,21+,22+,25?,26+,27-,28+,30-,31+,32-/m1/s1/i10D2,12D2,17D. The maximum atomic E-state index is 12.2. The number of nitrogens with one attached hydrogen (secondary N) is 1. The van der Waals surface area contributed by atoms with Gasteiger partial charge in [0, 0.05) is 11.9 Å². The zero-order chi connectivity index (χ0) is 36.6. The smallest absolute Gasteiger partial charge is 0.335 e. The summed E-state index contributed by atoms with van der Waals surface area (Å²) in [5.41, 5.74) is -1.53. The van der Waals surface area contributed by atoms with E-state index < -0.39 is 90.9 Å². The summed E-state index contributed by atoms with van der Waals surface area (Å²) in [4.78, 5) is 34.7. The zero-order valence-corrected chi connectivity index (χ0v) is 25.5. The van der Waals surface area contributed by atoms with E-state index in [0.29, 0.717) is 19.3 Å². The molecule has 4 aliphatic carbocycles. The lowest BCUT2D eigenvalue weighted by Crippen LogP contribution is -2.61. The van der Waals surface area contributed by atoms with Crippen molar-refractivity contribution in [1.29, 1.82) is 0 Å². The van der Waals surface area contributed by atoms with Gasteiger partial charge in [-0.15, -0.1) is 0 Å². The first kappa shape index (κ1) is 27.3. The maximum absolute atomic E-state index is 12.2. The summed E-state index contributed by atoms with van der Waals surface area (Å²) in [5, 5.41) is 63.6. The van der Waals surface area contributed by atoms with Gasteiger partial charge in [-0.25, -0.2) is 4.79 Å². The number of carboxylic acid groups (broad SMARTS) is 2. The fourth-order valence-corrected chi connectivity index (χ4v) is 9.52. The van der Waals surface area contributed by atoms with E-state index in [1.807, 2.05) is 13.8 Å². The normalized spacial score (nSPS) is 53.2. The van der Waals surface area contributed by atoms with Crippen LogP contribution in [0.25, 0.3) is 0 Å². The van der Waals surface area contributed by atoms with Crippen LogP contribution in [0.3, 0.4) is 0 Å². The Kier molecular flexibility index (Phi) is 7.91. The van der Waals surface area contributed by atoms with E-state index in [2.05, 4.69) is 12.2 Å². The number of aliphatic carboxylic acids is 2. The first-order chi connectivity index (χ1) is 22.5. The SMILES string of the molecule is [2H]C1([2H])C[C@@]2(C)[C@H](CC[C@@H]3[C@@H]2C[C@H](O)[C@]2(C)[C@@H]([C@H](C)CCC(=O)NCC(=O)O)CC[C@@H]32)C([2H])([2H])[C@]1([2H])O[C@@H]1O[C@H](C(=O)O)[C@@H](O)C(O)[C@H]1O. The molecule has 0 radical (unpaired) electrons. The molecule has 0 aromatic heterocycles. The lowest BCUT2D eigenvalue weighted by Gasteiger charge is -2.62. The molecule has 12 nitrogen and oxygen atoms in total. The number of amides is 1. The predicted molar refractivity (Wildman–Crippen MR) is 155 cm³/mol. The van der Waals surface area contributed by atoms with Gasteiger partial charge in [0.25, 0.3) is 0 Å². The molecular weight excluding hydrogens is 574 g/mol. The van der Waals surface area contributed by atoms with Gasteiger partial charge in [-0.2, -0.15) is 0 Å². The van der Waals surface area contributed by atoms with E-state index in [4.69, 9.17) is 17.3 Å². The second-order valence-corrected chi connectivity index (χ2v) is 14.2. The molecule has 12 heteroatoms. The molecule has 0 bridgehead atoms. The van der Waals surface area contributed by atoms with E-state index in [0.717, 1.165) is 12.8 Å². The Labute approximate surface area is 265 Å². The molecule has 1 saturated heterocycles. The Hall–Kier alpha value is -1.83. The first-order valence-corrected chi connectivity index (χ1v) is 15.8. The van der Waals surface area contributed by atoms with Gasteiger partial charge in [0.1, 0.15) is 24.9 Å². The number of aliphatic hydroxyl groups is 4. The maximum Gasteiger partial charge on any atom is 0.335 e. The van der Waals surface area contributed by atoms with Crippen LogP contribution < -0.4 is 5.32 Å². The van der Waals surface area contributed by atoms with Crippen molar-refractivity contribution in [2.24, 2.45) is 46.3 Å². The van der Waals surface area contributed by atoms with Crippen molar-refractivity contribution >= 4 is 17.8 Å². The first-order valence-electron chi connectivity index (χ1n) is 18.3.